The fourth-order valence-electron chi connectivity index (χ4n) is 3.33. The Kier molecular flexibility index (Phi) is 4.65. The molecule has 1 amide bonds. The van der Waals surface area contributed by atoms with Gasteiger partial charge in [0.1, 0.15) is 5.60 Å². The van der Waals surface area contributed by atoms with Crippen LogP contribution in [0.25, 0.3) is 0 Å². The Morgan fingerprint density at radius 1 is 1.48 bits per heavy atom. The zero-order valence-electron chi connectivity index (χ0n) is 13.3. The lowest BCUT2D eigenvalue weighted by Gasteiger charge is -2.42. The predicted octanol–water partition coefficient (Wildman–Crippen LogP) is 1.96. The summed E-state index contributed by atoms with van der Waals surface area (Å²) in [5.41, 5.74) is -1.46. The zero-order valence-corrected chi connectivity index (χ0v) is 14.0. The zero-order chi connectivity index (χ0) is 16.5. The molecule has 0 unspecified atom stereocenters. The van der Waals surface area contributed by atoms with E-state index in [-0.39, 0.29) is 12.3 Å². The minimum Gasteiger partial charge on any atom is -0.378 e. The van der Waals surface area contributed by atoms with Crippen LogP contribution in [0.4, 0.5) is 0 Å². The van der Waals surface area contributed by atoms with Crippen LogP contribution in [-0.2, 0) is 19.9 Å². The van der Waals surface area contributed by atoms with Gasteiger partial charge in [-0.15, -0.1) is 0 Å². The Balaban J connectivity index is 1.84. The number of hydrogen-bond acceptors (Lipinski definition) is 4. The number of nitrogens with zero attached hydrogens (tertiary/aromatic N) is 1. The second kappa shape index (κ2) is 6.40. The number of carbonyl (C=O) groups is 1. The summed E-state index contributed by atoms with van der Waals surface area (Å²) in [6.45, 7) is 4.34. The van der Waals surface area contributed by atoms with Gasteiger partial charge < -0.3 is 19.5 Å². The van der Waals surface area contributed by atoms with E-state index in [2.05, 4.69) is 0 Å². The van der Waals surface area contributed by atoms with Gasteiger partial charge in [0.25, 0.3) is 5.91 Å². The van der Waals surface area contributed by atoms with E-state index in [4.69, 9.17) is 21.1 Å². The van der Waals surface area contributed by atoms with Gasteiger partial charge in [-0.1, -0.05) is 30.7 Å². The van der Waals surface area contributed by atoms with Crippen LogP contribution in [0.5, 0.6) is 0 Å². The third kappa shape index (κ3) is 3.11. The molecule has 2 aliphatic heterocycles. The lowest BCUT2D eigenvalue weighted by Crippen LogP contribution is -2.58. The molecule has 2 atom stereocenters. The Morgan fingerprint density at radius 2 is 2.30 bits per heavy atom. The van der Waals surface area contributed by atoms with E-state index in [1.165, 1.54) is 0 Å². The number of benzene rings is 1. The molecule has 2 fully saturated rings. The maximum absolute atomic E-state index is 13.0. The number of halogens is 1. The molecule has 0 bridgehead atoms. The van der Waals surface area contributed by atoms with Crippen molar-refractivity contribution in [3.8, 4) is 0 Å². The normalized spacial score (nSPS) is 27.2. The molecular formula is C17H22ClNO4. The number of aliphatic hydroxyl groups is 1. The van der Waals surface area contributed by atoms with Crippen molar-refractivity contribution < 1.29 is 19.4 Å². The minimum atomic E-state index is -1.57. The molecule has 1 aromatic rings. The van der Waals surface area contributed by atoms with Gasteiger partial charge in [0.2, 0.25) is 0 Å². The summed E-state index contributed by atoms with van der Waals surface area (Å²) in [7, 11) is 0. The Morgan fingerprint density at radius 3 is 2.96 bits per heavy atom. The van der Waals surface area contributed by atoms with Gasteiger partial charge in [-0.05, 0) is 24.1 Å². The van der Waals surface area contributed by atoms with E-state index in [9.17, 15) is 9.90 Å². The Labute approximate surface area is 141 Å². The third-order valence-electron chi connectivity index (χ3n) is 4.77. The van der Waals surface area contributed by atoms with Crippen molar-refractivity contribution in [3.05, 3.63) is 34.9 Å². The van der Waals surface area contributed by atoms with Gasteiger partial charge >= 0.3 is 0 Å². The van der Waals surface area contributed by atoms with Crippen LogP contribution in [0, 0.1) is 0 Å². The molecule has 5 nitrogen and oxygen atoms in total. The number of carbonyl (C=O) groups excluding carboxylic acids is 1. The van der Waals surface area contributed by atoms with Crippen LogP contribution in [0.1, 0.15) is 25.3 Å². The summed E-state index contributed by atoms with van der Waals surface area (Å²) in [5.74, 6) is -0.295. The molecule has 1 spiro atoms. The van der Waals surface area contributed by atoms with E-state index in [1.54, 1.807) is 36.1 Å². The fraction of sp³-hybridized carbons (Fsp3) is 0.588. The highest BCUT2D eigenvalue weighted by Gasteiger charge is 2.46. The summed E-state index contributed by atoms with van der Waals surface area (Å²) >= 11 is 6.02. The van der Waals surface area contributed by atoms with Crippen LogP contribution in [0.15, 0.2) is 24.3 Å². The predicted molar refractivity (Wildman–Crippen MR) is 86.3 cm³/mol. The summed E-state index contributed by atoms with van der Waals surface area (Å²) in [6, 6.07) is 6.86. The number of morpholine rings is 1. The lowest BCUT2D eigenvalue weighted by molar-refractivity contribution is -0.169. The summed E-state index contributed by atoms with van der Waals surface area (Å²) in [6.07, 6.45) is 1.06. The van der Waals surface area contributed by atoms with Gasteiger partial charge in [-0.3, -0.25) is 4.79 Å². The largest absolute Gasteiger partial charge is 0.378 e. The molecule has 0 aliphatic carbocycles. The van der Waals surface area contributed by atoms with Gasteiger partial charge in [0.15, 0.2) is 5.60 Å². The molecule has 1 N–H and O–H groups in total. The SMILES string of the molecule is CC[C@](O)(C(=O)N1CCO[C@@]2(CCOC2)C1)c1cccc(Cl)c1. The Bertz CT molecular complexity index is 588. The maximum Gasteiger partial charge on any atom is 0.259 e. The van der Waals surface area contributed by atoms with Gasteiger partial charge in [-0.2, -0.15) is 0 Å². The maximum atomic E-state index is 13.0. The van der Waals surface area contributed by atoms with Crippen LogP contribution in [-0.4, -0.2) is 54.4 Å². The summed E-state index contributed by atoms with van der Waals surface area (Å²) in [4.78, 5) is 14.7. The molecule has 0 saturated carbocycles. The molecule has 2 saturated heterocycles. The number of ether oxygens (including phenoxy) is 2. The van der Waals surface area contributed by atoms with Crippen molar-refractivity contribution in [3.63, 3.8) is 0 Å². The molecular weight excluding hydrogens is 318 g/mol. The smallest absolute Gasteiger partial charge is 0.259 e. The number of amides is 1. The average Bonchev–Trinajstić information content (AvgIpc) is 3.01. The summed E-state index contributed by atoms with van der Waals surface area (Å²) < 4.78 is 11.3. The standard InChI is InChI=1S/C17H22ClNO4/c1-2-17(21,13-4-3-5-14(18)10-13)15(20)19-7-9-23-16(11-19)6-8-22-12-16/h3-5,10,21H,2,6-9,11-12H2,1H3/t16-,17+/m0/s1. The molecule has 3 rings (SSSR count). The van der Waals surface area contributed by atoms with Gasteiger partial charge in [-0.25, -0.2) is 0 Å². The highest BCUT2D eigenvalue weighted by Crippen LogP contribution is 2.33. The average molecular weight is 340 g/mol. The minimum absolute atomic E-state index is 0.285. The topological polar surface area (TPSA) is 59.0 Å². The first kappa shape index (κ1) is 16.7. The number of rotatable bonds is 3. The first-order valence-corrected chi connectivity index (χ1v) is 8.36. The van der Waals surface area contributed by atoms with E-state index in [1.807, 2.05) is 0 Å². The van der Waals surface area contributed by atoms with Crippen LogP contribution >= 0.6 is 11.6 Å². The van der Waals surface area contributed by atoms with Crippen molar-refractivity contribution in [2.45, 2.75) is 31.0 Å². The van der Waals surface area contributed by atoms with Crippen molar-refractivity contribution in [2.75, 3.05) is 32.9 Å². The molecule has 0 aromatic heterocycles. The Hall–Kier alpha value is -1.14. The monoisotopic (exact) mass is 339 g/mol. The first-order valence-electron chi connectivity index (χ1n) is 7.99. The van der Waals surface area contributed by atoms with E-state index in [0.29, 0.717) is 43.5 Å². The lowest BCUT2D eigenvalue weighted by atomic mass is 9.88. The van der Waals surface area contributed by atoms with Crippen LogP contribution in [0.3, 0.4) is 0 Å². The quantitative estimate of drug-likeness (QED) is 0.914. The van der Waals surface area contributed by atoms with Gasteiger partial charge in [0.05, 0.1) is 19.8 Å². The van der Waals surface area contributed by atoms with Crippen molar-refractivity contribution in [1.29, 1.82) is 0 Å². The second-order valence-corrected chi connectivity index (χ2v) is 6.72. The van der Waals surface area contributed by atoms with Gasteiger partial charge in [0, 0.05) is 24.6 Å². The number of hydrogen-bond donors (Lipinski definition) is 1. The fourth-order valence-corrected chi connectivity index (χ4v) is 3.52. The van der Waals surface area contributed by atoms with Crippen LogP contribution in [0.2, 0.25) is 5.02 Å². The van der Waals surface area contributed by atoms with Crippen molar-refractivity contribution >= 4 is 17.5 Å². The molecule has 23 heavy (non-hydrogen) atoms. The highest BCUT2D eigenvalue weighted by molar-refractivity contribution is 6.30. The second-order valence-electron chi connectivity index (χ2n) is 6.28. The molecule has 6 heteroatoms. The van der Waals surface area contributed by atoms with Crippen molar-refractivity contribution in [2.24, 2.45) is 0 Å². The first-order chi connectivity index (χ1) is 11.0. The molecule has 126 valence electrons. The summed E-state index contributed by atoms with van der Waals surface area (Å²) in [5, 5.41) is 11.6. The van der Waals surface area contributed by atoms with Crippen molar-refractivity contribution in [1.82, 2.24) is 4.90 Å². The molecule has 1 aromatic carbocycles. The van der Waals surface area contributed by atoms with E-state index < -0.39 is 11.2 Å². The molecule has 0 radical (unpaired) electrons. The van der Waals surface area contributed by atoms with Crippen LogP contribution < -0.4 is 0 Å². The molecule has 2 aliphatic rings. The highest BCUT2D eigenvalue weighted by atomic mass is 35.5. The molecule has 2 heterocycles. The van der Waals surface area contributed by atoms with E-state index in [0.717, 1.165) is 6.42 Å². The van der Waals surface area contributed by atoms with E-state index >= 15 is 0 Å². The third-order valence-corrected chi connectivity index (χ3v) is 5.01.